The Balaban J connectivity index is 3.43. The number of benzene rings is 1. The second kappa shape index (κ2) is 3.37. The second-order valence-corrected chi connectivity index (χ2v) is 2.74. The van der Waals surface area contributed by atoms with Gasteiger partial charge in [-0.25, -0.2) is 8.78 Å². The van der Waals surface area contributed by atoms with Crippen molar-refractivity contribution >= 4 is 28.4 Å². The molecule has 64 valence electrons. The summed E-state index contributed by atoms with van der Waals surface area (Å²) >= 11 is 10.2. The smallest absolute Gasteiger partial charge is 0.258 e. The lowest BCUT2D eigenvalue weighted by molar-refractivity contribution is 0.107. The number of carbonyl (C=O) groups excluding carboxylic acids is 1. The van der Waals surface area contributed by atoms with Gasteiger partial charge in [0.15, 0.2) is 5.82 Å². The molecule has 0 atom stereocenters. The molecule has 0 aliphatic heterocycles. The zero-order valence-electron chi connectivity index (χ0n) is 5.57. The Kier molecular flexibility index (Phi) is 2.65. The van der Waals surface area contributed by atoms with Crippen LogP contribution in [0.4, 0.5) is 8.78 Å². The fourth-order valence-electron chi connectivity index (χ4n) is 0.707. The number of hydrogen-bond acceptors (Lipinski definition) is 1. The largest absolute Gasteiger partial charge is 0.275 e. The minimum absolute atomic E-state index is 0.333. The van der Waals surface area contributed by atoms with Gasteiger partial charge in [-0.05, 0) is 23.7 Å². The highest BCUT2D eigenvalue weighted by molar-refractivity contribution is 6.67. The molecule has 0 aliphatic rings. The quantitative estimate of drug-likeness (QED) is 0.515. The van der Waals surface area contributed by atoms with Crippen molar-refractivity contribution in [2.24, 2.45) is 0 Å². The van der Waals surface area contributed by atoms with E-state index in [0.29, 0.717) is 0 Å². The first-order valence-corrected chi connectivity index (χ1v) is 3.63. The summed E-state index contributed by atoms with van der Waals surface area (Å²) in [6.07, 6.45) is 0. The molecule has 0 radical (unpaired) electrons. The van der Waals surface area contributed by atoms with Gasteiger partial charge in [0, 0.05) is 0 Å². The number of halogens is 4. The SMILES string of the molecule is O=C(Cl)c1c(F)ccc(Cl)c1F. The molecule has 1 aromatic carbocycles. The summed E-state index contributed by atoms with van der Waals surface area (Å²) in [5.41, 5.74) is -0.816. The van der Waals surface area contributed by atoms with Crippen molar-refractivity contribution < 1.29 is 13.6 Å². The predicted octanol–water partition coefficient (Wildman–Crippen LogP) is 3.00. The molecule has 0 heterocycles. The van der Waals surface area contributed by atoms with Gasteiger partial charge in [-0.2, -0.15) is 0 Å². The maximum Gasteiger partial charge on any atom is 0.258 e. The van der Waals surface area contributed by atoms with Gasteiger partial charge in [-0.15, -0.1) is 0 Å². The standard InChI is InChI=1S/C7H2Cl2F2O/c8-3-1-2-4(10)5(6(3)11)7(9)12/h1-2H. The van der Waals surface area contributed by atoms with Crippen molar-refractivity contribution in [1.82, 2.24) is 0 Å². The summed E-state index contributed by atoms with van der Waals surface area (Å²) in [4.78, 5) is 10.5. The van der Waals surface area contributed by atoms with E-state index in [1.54, 1.807) is 0 Å². The van der Waals surface area contributed by atoms with Crippen LogP contribution in [0.25, 0.3) is 0 Å². The van der Waals surface area contributed by atoms with E-state index in [4.69, 9.17) is 23.2 Å². The lowest BCUT2D eigenvalue weighted by Gasteiger charge is -1.99. The molecule has 12 heavy (non-hydrogen) atoms. The molecule has 0 saturated heterocycles. The molecule has 0 aliphatic carbocycles. The third-order valence-corrected chi connectivity index (χ3v) is 1.72. The van der Waals surface area contributed by atoms with Crippen molar-refractivity contribution in [3.63, 3.8) is 0 Å². The van der Waals surface area contributed by atoms with E-state index in [-0.39, 0.29) is 5.02 Å². The van der Waals surface area contributed by atoms with Crippen molar-refractivity contribution in [1.29, 1.82) is 0 Å². The maximum atomic E-state index is 12.8. The molecule has 0 amide bonds. The molecule has 0 aromatic heterocycles. The summed E-state index contributed by atoms with van der Waals surface area (Å²) in [6, 6.07) is 1.89. The van der Waals surface area contributed by atoms with Gasteiger partial charge in [0.1, 0.15) is 11.4 Å². The molecule has 1 aromatic rings. The molecule has 1 nitrogen and oxygen atoms in total. The summed E-state index contributed by atoms with van der Waals surface area (Å²) in [7, 11) is 0. The van der Waals surface area contributed by atoms with E-state index >= 15 is 0 Å². The molecule has 0 unspecified atom stereocenters. The minimum atomic E-state index is -1.20. The van der Waals surface area contributed by atoms with Gasteiger partial charge < -0.3 is 0 Å². The van der Waals surface area contributed by atoms with Crippen LogP contribution in [0.15, 0.2) is 12.1 Å². The van der Waals surface area contributed by atoms with Gasteiger partial charge in [0.2, 0.25) is 0 Å². The summed E-state index contributed by atoms with van der Waals surface area (Å²) in [5.74, 6) is -2.14. The van der Waals surface area contributed by atoms with Gasteiger partial charge in [-0.3, -0.25) is 4.79 Å². The Bertz CT molecular complexity index is 338. The molecular weight excluding hydrogens is 209 g/mol. The highest BCUT2D eigenvalue weighted by Crippen LogP contribution is 2.22. The first-order chi connectivity index (χ1) is 5.54. The predicted molar refractivity (Wildman–Crippen MR) is 41.6 cm³/mol. The summed E-state index contributed by atoms with van der Waals surface area (Å²) < 4.78 is 25.5. The normalized spacial score (nSPS) is 10.0. The lowest BCUT2D eigenvalue weighted by Crippen LogP contribution is -1.99. The van der Waals surface area contributed by atoms with Crippen molar-refractivity contribution in [3.05, 3.63) is 34.4 Å². The van der Waals surface area contributed by atoms with Crippen LogP contribution in [0.1, 0.15) is 10.4 Å². The Morgan fingerprint density at radius 1 is 1.33 bits per heavy atom. The fourth-order valence-corrected chi connectivity index (χ4v) is 1.04. The Morgan fingerprint density at radius 3 is 2.33 bits per heavy atom. The zero-order valence-corrected chi connectivity index (χ0v) is 7.09. The van der Waals surface area contributed by atoms with Crippen LogP contribution in [0.5, 0.6) is 0 Å². The van der Waals surface area contributed by atoms with E-state index in [0.717, 1.165) is 12.1 Å². The van der Waals surface area contributed by atoms with E-state index in [1.807, 2.05) is 0 Å². The Labute approximate surface area is 76.9 Å². The van der Waals surface area contributed by atoms with Crippen LogP contribution in [-0.2, 0) is 0 Å². The Morgan fingerprint density at radius 2 is 1.92 bits per heavy atom. The van der Waals surface area contributed by atoms with E-state index < -0.39 is 22.4 Å². The third-order valence-electron chi connectivity index (χ3n) is 1.24. The molecule has 0 bridgehead atoms. The monoisotopic (exact) mass is 210 g/mol. The van der Waals surface area contributed by atoms with E-state index in [1.165, 1.54) is 0 Å². The lowest BCUT2D eigenvalue weighted by atomic mass is 10.2. The van der Waals surface area contributed by atoms with Gasteiger partial charge in [0.05, 0.1) is 5.02 Å². The fraction of sp³-hybridized carbons (Fsp3) is 0. The molecule has 0 N–H and O–H groups in total. The molecule has 5 heteroatoms. The number of hydrogen-bond donors (Lipinski definition) is 0. The topological polar surface area (TPSA) is 17.1 Å². The molecule has 0 spiro atoms. The molecule has 1 rings (SSSR count). The van der Waals surface area contributed by atoms with E-state index in [2.05, 4.69) is 0 Å². The van der Waals surface area contributed by atoms with Crippen LogP contribution >= 0.6 is 23.2 Å². The van der Waals surface area contributed by atoms with Crippen molar-refractivity contribution in [2.45, 2.75) is 0 Å². The van der Waals surface area contributed by atoms with Crippen LogP contribution in [-0.4, -0.2) is 5.24 Å². The first-order valence-electron chi connectivity index (χ1n) is 2.87. The highest BCUT2D eigenvalue weighted by Gasteiger charge is 2.17. The van der Waals surface area contributed by atoms with Gasteiger partial charge in [-0.1, -0.05) is 11.6 Å². The van der Waals surface area contributed by atoms with Crippen LogP contribution in [0.3, 0.4) is 0 Å². The zero-order chi connectivity index (χ0) is 9.30. The van der Waals surface area contributed by atoms with Crippen LogP contribution in [0, 0.1) is 11.6 Å². The van der Waals surface area contributed by atoms with E-state index in [9.17, 15) is 13.6 Å². The summed E-state index contributed by atoms with van der Waals surface area (Å²) in [6.45, 7) is 0. The average molecular weight is 211 g/mol. The van der Waals surface area contributed by atoms with Crippen LogP contribution in [0.2, 0.25) is 5.02 Å². The molecular formula is C7H2Cl2F2O. The minimum Gasteiger partial charge on any atom is -0.275 e. The van der Waals surface area contributed by atoms with Gasteiger partial charge >= 0.3 is 0 Å². The molecule has 0 saturated carbocycles. The average Bonchev–Trinajstić information content (AvgIpc) is 1.97. The first kappa shape index (κ1) is 9.42. The van der Waals surface area contributed by atoms with Crippen molar-refractivity contribution in [2.75, 3.05) is 0 Å². The molecule has 0 fully saturated rings. The number of carbonyl (C=O) groups is 1. The van der Waals surface area contributed by atoms with Gasteiger partial charge in [0.25, 0.3) is 5.24 Å². The second-order valence-electron chi connectivity index (χ2n) is 1.99. The Hall–Kier alpha value is -0.670. The third kappa shape index (κ3) is 1.57. The summed E-state index contributed by atoms with van der Waals surface area (Å²) in [5, 5.41) is -1.53. The maximum absolute atomic E-state index is 12.8. The number of rotatable bonds is 1. The van der Waals surface area contributed by atoms with Crippen LogP contribution < -0.4 is 0 Å². The highest BCUT2D eigenvalue weighted by atomic mass is 35.5. The van der Waals surface area contributed by atoms with Crippen molar-refractivity contribution in [3.8, 4) is 0 Å².